The molecule has 0 spiro atoms. The summed E-state index contributed by atoms with van der Waals surface area (Å²) >= 11 is 1.58. The first-order valence-electron chi connectivity index (χ1n) is 12.2. The number of benzene rings is 3. The maximum absolute atomic E-state index is 13.6. The van der Waals surface area contributed by atoms with E-state index in [1.165, 1.54) is 6.42 Å². The number of hydrogen-bond donors (Lipinski definition) is 2. The number of anilines is 1. The van der Waals surface area contributed by atoms with Gasteiger partial charge in [0.1, 0.15) is 0 Å². The van der Waals surface area contributed by atoms with Crippen LogP contribution < -0.4 is 5.32 Å². The molecule has 0 heterocycles. The lowest BCUT2D eigenvalue weighted by atomic mass is 9.92. The van der Waals surface area contributed by atoms with E-state index in [-0.39, 0.29) is 24.5 Å². The molecule has 1 aliphatic rings. The number of nitrogens with one attached hydrogen (secondary N) is 1. The highest BCUT2D eigenvalue weighted by Gasteiger charge is 2.30. The highest BCUT2D eigenvalue weighted by molar-refractivity contribution is 7.99. The van der Waals surface area contributed by atoms with Gasteiger partial charge in [0.05, 0.1) is 12.5 Å². The molecule has 3 aromatic carbocycles. The smallest absolute Gasteiger partial charge is 0.322 e. The van der Waals surface area contributed by atoms with E-state index in [4.69, 9.17) is 5.11 Å². The largest absolute Gasteiger partial charge is 0.481 e. The van der Waals surface area contributed by atoms with Crippen molar-refractivity contribution < 1.29 is 14.7 Å². The van der Waals surface area contributed by atoms with Crippen molar-refractivity contribution in [1.82, 2.24) is 4.90 Å². The number of carboxylic acid groups (broad SMARTS) is 1. The third-order valence-corrected chi connectivity index (χ3v) is 7.50. The number of carbonyl (C=O) groups excluding carboxylic acids is 1. The van der Waals surface area contributed by atoms with Crippen LogP contribution >= 0.6 is 11.8 Å². The first-order chi connectivity index (χ1) is 17.0. The molecule has 1 unspecified atom stereocenters. The fraction of sp³-hybridized carbons (Fsp3) is 0.310. The molecule has 1 fully saturated rings. The van der Waals surface area contributed by atoms with Gasteiger partial charge in [-0.1, -0.05) is 79.6 Å². The van der Waals surface area contributed by atoms with Gasteiger partial charge in [-0.2, -0.15) is 0 Å². The third kappa shape index (κ3) is 6.89. The number of carbonyl (C=O) groups is 2. The molecule has 6 heteroatoms. The number of rotatable bonds is 8. The maximum atomic E-state index is 13.6. The van der Waals surface area contributed by atoms with Crippen molar-refractivity contribution >= 4 is 29.4 Å². The SMILES string of the molecule is CC(c1ccccc1)N(C(=O)Nc1cccc(Sc2ccc(CC(=O)O)cc2)c1)C1CCCCC1. The Morgan fingerprint density at radius 2 is 1.66 bits per heavy atom. The molecule has 0 aliphatic heterocycles. The molecule has 1 atom stereocenters. The van der Waals surface area contributed by atoms with Crippen LogP contribution in [0.5, 0.6) is 0 Å². The summed E-state index contributed by atoms with van der Waals surface area (Å²) in [5, 5.41) is 12.1. The average Bonchev–Trinajstić information content (AvgIpc) is 2.86. The zero-order valence-corrected chi connectivity index (χ0v) is 20.8. The molecule has 35 heavy (non-hydrogen) atoms. The Hall–Kier alpha value is -3.25. The predicted molar refractivity (Wildman–Crippen MR) is 141 cm³/mol. The van der Waals surface area contributed by atoms with Crippen LogP contribution in [0.2, 0.25) is 0 Å². The first-order valence-corrected chi connectivity index (χ1v) is 13.0. The Labute approximate surface area is 211 Å². The van der Waals surface area contributed by atoms with Gasteiger partial charge < -0.3 is 15.3 Å². The van der Waals surface area contributed by atoms with Crippen LogP contribution in [0.25, 0.3) is 0 Å². The van der Waals surface area contributed by atoms with E-state index in [1.807, 2.05) is 71.6 Å². The molecule has 5 nitrogen and oxygen atoms in total. The van der Waals surface area contributed by atoms with E-state index in [1.54, 1.807) is 11.8 Å². The minimum atomic E-state index is -0.835. The Morgan fingerprint density at radius 3 is 2.34 bits per heavy atom. The van der Waals surface area contributed by atoms with Crippen LogP contribution in [0, 0.1) is 0 Å². The summed E-state index contributed by atoms with van der Waals surface area (Å²) < 4.78 is 0. The fourth-order valence-electron chi connectivity index (χ4n) is 4.72. The summed E-state index contributed by atoms with van der Waals surface area (Å²) in [5.41, 5.74) is 2.69. The Bertz CT molecular complexity index is 1130. The monoisotopic (exact) mass is 488 g/mol. The molecule has 0 bridgehead atoms. The van der Waals surface area contributed by atoms with Crippen molar-refractivity contribution in [2.75, 3.05) is 5.32 Å². The predicted octanol–water partition coefficient (Wildman–Crippen LogP) is 7.39. The van der Waals surface area contributed by atoms with Gasteiger partial charge in [-0.15, -0.1) is 0 Å². The number of nitrogens with zero attached hydrogens (tertiary/aromatic N) is 1. The third-order valence-electron chi connectivity index (χ3n) is 6.50. The molecule has 0 saturated heterocycles. The van der Waals surface area contributed by atoms with Crippen molar-refractivity contribution in [1.29, 1.82) is 0 Å². The zero-order valence-electron chi connectivity index (χ0n) is 20.0. The maximum Gasteiger partial charge on any atom is 0.322 e. The van der Waals surface area contributed by atoms with Crippen LogP contribution in [-0.4, -0.2) is 28.0 Å². The molecule has 4 rings (SSSR count). The highest BCUT2D eigenvalue weighted by atomic mass is 32.2. The summed E-state index contributed by atoms with van der Waals surface area (Å²) in [4.78, 5) is 28.5. The minimum absolute atomic E-state index is 0.0128. The summed E-state index contributed by atoms with van der Waals surface area (Å²) in [7, 11) is 0. The van der Waals surface area contributed by atoms with E-state index in [9.17, 15) is 9.59 Å². The molecule has 0 aromatic heterocycles. The lowest BCUT2D eigenvalue weighted by Gasteiger charge is -2.39. The topological polar surface area (TPSA) is 69.6 Å². The molecule has 1 saturated carbocycles. The molecule has 1 aliphatic carbocycles. The average molecular weight is 489 g/mol. The van der Waals surface area contributed by atoms with Gasteiger partial charge in [0, 0.05) is 21.5 Å². The van der Waals surface area contributed by atoms with Crippen molar-refractivity contribution in [3.63, 3.8) is 0 Å². The summed E-state index contributed by atoms with van der Waals surface area (Å²) in [5.74, 6) is -0.835. The number of carboxylic acids is 1. The van der Waals surface area contributed by atoms with Gasteiger partial charge in [-0.3, -0.25) is 4.79 Å². The van der Waals surface area contributed by atoms with Crippen molar-refractivity contribution in [2.45, 2.75) is 67.3 Å². The van der Waals surface area contributed by atoms with Gasteiger partial charge >= 0.3 is 12.0 Å². The molecular weight excluding hydrogens is 456 g/mol. The van der Waals surface area contributed by atoms with Crippen molar-refractivity contribution in [2.24, 2.45) is 0 Å². The highest BCUT2D eigenvalue weighted by Crippen LogP contribution is 2.32. The van der Waals surface area contributed by atoms with Crippen molar-refractivity contribution in [3.05, 3.63) is 90.0 Å². The van der Waals surface area contributed by atoms with Crippen LogP contribution in [0.3, 0.4) is 0 Å². The van der Waals surface area contributed by atoms with Gasteiger partial charge in [-0.25, -0.2) is 4.79 Å². The second-order valence-electron chi connectivity index (χ2n) is 9.06. The Kier molecular flexibility index (Phi) is 8.48. The number of urea groups is 1. The van der Waals surface area contributed by atoms with Gasteiger partial charge in [-0.05, 0) is 61.2 Å². The summed E-state index contributed by atoms with van der Waals surface area (Å²) in [6, 6.07) is 25.8. The molecule has 2 amide bonds. The molecular formula is C29H32N2O3S. The molecule has 0 radical (unpaired) electrons. The van der Waals surface area contributed by atoms with E-state index < -0.39 is 5.97 Å². The molecule has 182 valence electrons. The van der Waals surface area contributed by atoms with Crippen LogP contribution in [0.1, 0.15) is 56.2 Å². The zero-order chi connectivity index (χ0) is 24.6. The van der Waals surface area contributed by atoms with Gasteiger partial charge in [0.25, 0.3) is 0 Å². The summed E-state index contributed by atoms with van der Waals surface area (Å²) in [6.07, 6.45) is 5.66. The van der Waals surface area contributed by atoms with E-state index in [0.29, 0.717) is 0 Å². The Morgan fingerprint density at radius 1 is 0.943 bits per heavy atom. The number of hydrogen-bond acceptors (Lipinski definition) is 3. The number of amides is 2. The van der Waals surface area contributed by atoms with E-state index in [0.717, 1.165) is 52.3 Å². The second kappa shape index (κ2) is 11.9. The van der Waals surface area contributed by atoms with Gasteiger partial charge in [0.15, 0.2) is 0 Å². The lowest BCUT2D eigenvalue weighted by molar-refractivity contribution is -0.136. The molecule has 3 aromatic rings. The second-order valence-corrected chi connectivity index (χ2v) is 10.2. The van der Waals surface area contributed by atoms with Crippen LogP contribution in [0.4, 0.5) is 10.5 Å². The quantitative estimate of drug-likeness (QED) is 0.347. The van der Waals surface area contributed by atoms with E-state index >= 15 is 0 Å². The van der Waals surface area contributed by atoms with Crippen LogP contribution in [0.15, 0.2) is 88.7 Å². The number of aliphatic carboxylic acids is 1. The lowest BCUT2D eigenvalue weighted by Crippen LogP contribution is -2.45. The Balaban J connectivity index is 1.48. The summed E-state index contributed by atoms with van der Waals surface area (Å²) in [6.45, 7) is 2.11. The van der Waals surface area contributed by atoms with E-state index in [2.05, 4.69) is 24.4 Å². The minimum Gasteiger partial charge on any atom is -0.481 e. The van der Waals surface area contributed by atoms with Gasteiger partial charge in [0.2, 0.25) is 0 Å². The molecule has 2 N–H and O–H groups in total. The standard InChI is InChI=1S/C29H32N2O3S/c1-21(23-9-4-2-5-10-23)31(25-12-6-3-7-13-25)29(34)30-24-11-8-14-27(20-24)35-26-17-15-22(16-18-26)19-28(32)33/h2,4-5,8-11,14-18,20-21,25H,3,6-7,12-13,19H2,1H3,(H,30,34)(H,32,33). The fourth-order valence-corrected chi connectivity index (χ4v) is 5.60. The van der Waals surface area contributed by atoms with Crippen molar-refractivity contribution in [3.8, 4) is 0 Å². The van der Waals surface area contributed by atoms with Crippen LogP contribution in [-0.2, 0) is 11.2 Å². The normalized spacial score (nSPS) is 14.8. The first kappa shape index (κ1) is 24.9.